The van der Waals surface area contributed by atoms with Gasteiger partial charge in [-0.2, -0.15) is 0 Å². The number of nitrogens with two attached hydrogens (primary N) is 1. The van der Waals surface area contributed by atoms with Crippen LogP contribution in [0.1, 0.15) is 23.2 Å². The first-order valence-corrected chi connectivity index (χ1v) is 6.66. The van der Waals surface area contributed by atoms with Gasteiger partial charge in [-0.05, 0) is 12.1 Å². The molecule has 1 aliphatic heterocycles. The van der Waals surface area contributed by atoms with Gasteiger partial charge in [0.1, 0.15) is 5.82 Å². The van der Waals surface area contributed by atoms with Gasteiger partial charge in [0, 0.05) is 45.3 Å². The van der Waals surface area contributed by atoms with Crippen LogP contribution in [-0.2, 0) is 4.74 Å². The Balaban J connectivity index is 2.24. The molecule has 0 unspecified atom stereocenters. The summed E-state index contributed by atoms with van der Waals surface area (Å²) < 4.78 is 19.2. The Bertz CT molecular complexity index is 544. The van der Waals surface area contributed by atoms with E-state index in [1.165, 1.54) is 11.0 Å². The van der Waals surface area contributed by atoms with Crippen LogP contribution in [0.5, 0.6) is 0 Å². The van der Waals surface area contributed by atoms with E-state index >= 15 is 0 Å². The minimum Gasteiger partial charge on any atom is -0.478 e. The van der Waals surface area contributed by atoms with Gasteiger partial charge in [-0.1, -0.05) is 0 Å². The van der Waals surface area contributed by atoms with E-state index in [2.05, 4.69) is 0 Å². The van der Waals surface area contributed by atoms with Crippen LogP contribution >= 0.6 is 0 Å². The third-order valence-corrected chi connectivity index (χ3v) is 3.72. The largest absolute Gasteiger partial charge is 0.478 e. The van der Waals surface area contributed by atoms with Crippen LogP contribution in [0.4, 0.5) is 15.8 Å². The van der Waals surface area contributed by atoms with Gasteiger partial charge in [0.25, 0.3) is 0 Å². The second-order valence-corrected chi connectivity index (χ2v) is 5.39. The Hall–Kier alpha value is -1.86. The summed E-state index contributed by atoms with van der Waals surface area (Å²) in [5, 5.41) is 19.5. The summed E-state index contributed by atoms with van der Waals surface area (Å²) in [6.07, 6.45) is 0.916. The second-order valence-electron chi connectivity index (χ2n) is 5.39. The number of halogens is 1. The Morgan fingerprint density at radius 2 is 2.10 bits per heavy atom. The summed E-state index contributed by atoms with van der Waals surface area (Å²) in [6.45, 7) is 1.10. The van der Waals surface area contributed by atoms with Crippen molar-refractivity contribution < 1.29 is 24.1 Å². The first-order valence-electron chi connectivity index (χ1n) is 6.66. The summed E-state index contributed by atoms with van der Waals surface area (Å²) in [5.74, 6) is -1.83. The molecule has 1 aromatic rings. The zero-order chi connectivity index (χ0) is 15.6. The number of hydrogen-bond acceptors (Lipinski definition) is 5. The monoisotopic (exact) mass is 298 g/mol. The van der Waals surface area contributed by atoms with Crippen molar-refractivity contribution in [2.24, 2.45) is 0 Å². The maximum absolute atomic E-state index is 14.0. The highest BCUT2D eigenvalue weighted by molar-refractivity contribution is 5.95. The molecule has 1 aliphatic rings. The minimum absolute atomic E-state index is 0.0986. The van der Waals surface area contributed by atoms with Crippen molar-refractivity contribution in [2.45, 2.75) is 18.4 Å². The Morgan fingerprint density at radius 1 is 1.48 bits per heavy atom. The molecule has 0 aliphatic carbocycles. The average Bonchev–Trinajstić information content (AvgIpc) is 2.38. The number of anilines is 2. The summed E-state index contributed by atoms with van der Waals surface area (Å²) in [4.78, 5) is 12.6. The number of nitrogens with zero attached hydrogens (tertiary/aromatic N) is 1. The van der Waals surface area contributed by atoms with Gasteiger partial charge < -0.3 is 25.6 Å². The van der Waals surface area contributed by atoms with Crippen LogP contribution in [0, 0.1) is 5.82 Å². The molecule has 0 amide bonds. The molecule has 2 rings (SSSR count). The van der Waals surface area contributed by atoms with E-state index in [9.17, 15) is 14.3 Å². The lowest BCUT2D eigenvalue weighted by molar-refractivity contribution is -0.0573. The highest BCUT2D eigenvalue weighted by atomic mass is 19.1. The third kappa shape index (κ3) is 3.43. The Morgan fingerprint density at radius 3 is 2.67 bits per heavy atom. The van der Waals surface area contributed by atoms with E-state index in [-0.39, 0.29) is 23.5 Å². The lowest BCUT2D eigenvalue weighted by Crippen LogP contribution is -2.46. The predicted octanol–water partition coefficient (Wildman–Crippen LogP) is 1.08. The Kier molecular flexibility index (Phi) is 4.34. The molecule has 1 fully saturated rings. The number of aliphatic hydroxyl groups is 1. The number of benzene rings is 1. The van der Waals surface area contributed by atoms with Crippen LogP contribution < -0.4 is 10.6 Å². The number of likely N-dealkylation sites (N-methyl/N-ethyl adjacent to an activating group) is 1. The van der Waals surface area contributed by atoms with Crippen molar-refractivity contribution in [3.05, 3.63) is 23.5 Å². The molecule has 0 aromatic heterocycles. The lowest BCUT2D eigenvalue weighted by Gasteiger charge is -2.36. The molecule has 6 nitrogen and oxygen atoms in total. The fourth-order valence-corrected chi connectivity index (χ4v) is 2.49. The maximum atomic E-state index is 14.0. The van der Waals surface area contributed by atoms with Crippen molar-refractivity contribution in [1.29, 1.82) is 0 Å². The van der Waals surface area contributed by atoms with E-state index in [0.29, 0.717) is 26.1 Å². The number of rotatable bonds is 4. The number of ether oxygens (including phenoxy) is 1. The molecule has 0 bridgehead atoms. The van der Waals surface area contributed by atoms with Gasteiger partial charge in [-0.3, -0.25) is 0 Å². The molecule has 116 valence electrons. The molecular weight excluding hydrogens is 279 g/mol. The fourth-order valence-electron chi connectivity index (χ4n) is 2.49. The van der Waals surface area contributed by atoms with Gasteiger partial charge in [0.15, 0.2) is 0 Å². The lowest BCUT2D eigenvalue weighted by atomic mass is 9.93. The summed E-state index contributed by atoms with van der Waals surface area (Å²) >= 11 is 0. The van der Waals surface area contributed by atoms with Crippen molar-refractivity contribution in [3.63, 3.8) is 0 Å². The van der Waals surface area contributed by atoms with Crippen molar-refractivity contribution in [2.75, 3.05) is 37.4 Å². The average molecular weight is 298 g/mol. The molecular formula is C14H19FN2O4. The van der Waals surface area contributed by atoms with Crippen LogP contribution in [-0.4, -0.2) is 48.6 Å². The van der Waals surface area contributed by atoms with Crippen molar-refractivity contribution in [1.82, 2.24) is 0 Å². The quantitative estimate of drug-likeness (QED) is 0.720. The molecule has 0 saturated carbocycles. The van der Waals surface area contributed by atoms with Gasteiger partial charge in [0.05, 0.1) is 16.9 Å². The van der Waals surface area contributed by atoms with Crippen LogP contribution in [0.15, 0.2) is 12.1 Å². The SMILES string of the molecule is CN(CC1(O)CCOCC1)c1cc(C(=O)O)c(N)cc1F. The summed E-state index contributed by atoms with van der Waals surface area (Å²) in [7, 11) is 1.60. The van der Waals surface area contributed by atoms with Crippen molar-refractivity contribution in [3.8, 4) is 0 Å². The third-order valence-electron chi connectivity index (χ3n) is 3.72. The molecule has 1 aromatic carbocycles. The zero-order valence-corrected chi connectivity index (χ0v) is 11.8. The van der Waals surface area contributed by atoms with E-state index in [1.54, 1.807) is 7.05 Å². The number of nitrogen functional groups attached to an aromatic ring is 1. The molecule has 0 radical (unpaired) electrons. The molecule has 1 saturated heterocycles. The van der Waals surface area contributed by atoms with Gasteiger partial charge in [-0.15, -0.1) is 0 Å². The molecule has 1 heterocycles. The molecule has 7 heteroatoms. The standard InChI is InChI=1S/C14H19FN2O4/c1-17(8-14(20)2-4-21-5-3-14)12-6-9(13(18)19)11(16)7-10(12)15/h6-7,20H,2-5,8,16H2,1H3,(H,18,19). The van der Waals surface area contributed by atoms with Gasteiger partial charge in [-0.25, -0.2) is 9.18 Å². The second kappa shape index (κ2) is 5.87. The molecule has 21 heavy (non-hydrogen) atoms. The van der Waals surface area contributed by atoms with Crippen LogP contribution in [0.2, 0.25) is 0 Å². The smallest absolute Gasteiger partial charge is 0.337 e. The highest BCUT2D eigenvalue weighted by Crippen LogP contribution is 2.28. The van der Waals surface area contributed by atoms with E-state index in [4.69, 9.17) is 15.6 Å². The number of carbonyl (C=O) groups is 1. The fraction of sp³-hybridized carbons (Fsp3) is 0.500. The van der Waals surface area contributed by atoms with E-state index in [0.717, 1.165) is 6.07 Å². The highest BCUT2D eigenvalue weighted by Gasteiger charge is 2.32. The predicted molar refractivity (Wildman–Crippen MR) is 76.0 cm³/mol. The molecule has 0 spiro atoms. The van der Waals surface area contributed by atoms with Crippen LogP contribution in [0.25, 0.3) is 0 Å². The van der Waals surface area contributed by atoms with Crippen LogP contribution in [0.3, 0.4) is 0 Å². The summed E-state index contributed by atoms with van der Waals surface area (Å²) in [6, 6.07) is 2.18. The number of carboxylic acids is 1. The number of carboxylic acid groups (broad SMARTS) is 1. The topological polar surface area (TPSA) is 96.0 Å². The molecule has 4 N–H and O–H groups in total. The van der Waals surface area contributed by atoms with Gasteiger partial charge in [0.2, 0.25) is 0 Å². The Labute approximate surface area is 121 Å². The number of aromatic carboxylic acids is 1. The van der Waals surface area contributed by atoms with Gasteiger partial charge >= 0.3 is 5.97 Å². The first-order chi connectivity index (χ1) is 9.82. The minimum atomic E-state index is -1.22. The van der Waals surface area contributed by atoms with E-state index in [1.807, 2.05) is 0 Å². The summed E-state index contributed by atoms with van der Waals surface area (Å²) in [5.41, 5.74) is 4.35. The normalized spacial score (nSPS) is 17.5. The maximum Gasteiger partial charge on any atom is 0.337 e. The van der Waals surface area contributed by atoms with Crippen molar-refractivity contribution >= 4 is 17.3 Å². The zero-order valence-electron chi connectivity index (χ0n) is 11.8. The van der Waals surface area contributed by atoms with E-state index < -0.39 is 17.4 Å². The number of hydrogen-bond donors (Lipinski definition) is 3. The first kappa shape index (κ1) is 15.5. The molecule has 0 atom stereocenters.